The number of hydrogen-bond donors (Lipinski definition) is 2. The van der Waals surface area contributed by atoms with Crippen LogP contribution in [0.2, 0.25) is 0 Å². The van der Waals surface area contributed by atoms with Crippen LogP contribution in [-0.4, -0.2) is 38.1 Å². The van der Waals surface area contributed by atoms with Crippen LogP contribution in [0.15, 0.2) is 5.10 Å². The van der Waals surface area contributed by atoms with Crippen molar-refractivity contribution in [2.45, 2.75) is 38.9 Å². The zero-order valence-electron chi connectivity index (χ0n) is 8.85. The average Bonchev–Trinajstić information content (AvgIpc) is 2.19. The van der Waals surface area contributed by atoms with Gasteiger partial charge in [-0.1, -0.05) is 0 Å². The van der Waals surface area contributed by atoms with Crippen LogP contribution in [0.3, 0.4) is 0 Å². The molecule has 0 unspecified atom stereocenters. The lowest BCUT2D eigenvalue weighted by Gasteiger charge is -2.29. The van der Waals surface area contributed by atoms with Gasteiger partial charge in [0.05, 0.1) is 0 Å². The Hall–Kier alpha value is -1.14. The highest BCUT2D eigenvalue weighted by Gasteiger charge is 2.56. The molecule has 0 amide bonds. The molecule has 1 aliphatic rings. The van der Waals surface area contributed by atoms with E-state index in [4.69, 9.17) is 5.84 Å². The van der Waals surface area contributed by atoms with Gasteiger partial charge < -0.3 is 16.3 Å². The molecular formula is C8H16N4O2. The normalized spacial score (nSPS) is 26.4. The first-order chi connectivity index (χ1) is 6.26. The molecule has 0 bridgehead atoms. The fourth-order valence-electron chi connectivity index (χ4n) is 1.70. The first-order valence-electron chi connectivity index (χ1n) is 4.33. The van der Waals surface area contributed by atoms with E-state index in [0.29, 0.717) is 10.5 Å². The maximum Gasteiger partial charge on any atom is 0.245 e. The number of hydrazone groups is 1. The zero-order valence-corrected chi connectivity index (χ0v) is 8.85. The molecule has 3 N–H and O–H groups in total. The smallest absolute Gasteiger partial charge is 0.245 e. The molecule has 6 nitrogen and oxygen atoms in total. The minimum Gasteiger partial charge on any atom is -0.622 e. The van der Waals surface area contributed by atoms with Gasteiger partial charge in [0.2, 0.25) is 11.4 Å². The minimum atomic E-state index is -1.000. The summed E-state index contributed by atoms with van der Waals surface area (Å²) < 4.78 is 0.712. The van der Waals surface area contributed by atoms with Crippen molar-refractivity contribution >= 4 is 11.9 Å². The lowest BCUT2D eigenvalue weighted by molar-refractivity contribution is -0.579. The number of rotatable bonds is 1. The van der Waals surface area contributed by atoms with Crippen molar-refractivity contribution in [2.24, 2.45) is 10.9 Å². The summed E-state index contributed by atoms with van der Waals surface area (Å²) >= 11 is 0. The molecule has 1 aliphatic heterocycles. The van der Waals surface area contributed by atoms with Gasteiger partial charge in [0.15, 0.2) is 0 Å². The molecule has 0 fully saturated rings. The van der Waals surface area contributed by atoms with E-state index in [1.165, 1.54) is 6.21 Å². The summed E-state index contributed by atoms with van der Waals surface area (Å²) in [6.07, 6.45) is 1.27. The van der Waals surface area contributed by atoms with E-state index in [2.05, 4.69) is 5.10 Å². The number of hydrogen-bond acceptors (Lipinski definition) is 5. The molecule has 0 atom stereocenters. The van der Waals surface area contributed by atoms with Crippen LogP contribution in [0.25, 0.3) is 0 Å². The fraction of sp³-hybridized carbons (Fsp3) is 0.750. The fourth-order valence-corrected chi connectivity index (χ4v) is 1.70. The molecular weight excluding hydrogens is 184 g/mol. The Bertz CT molecular complexity index is 306. The molecule has 14 heavy (non-hydrogen) atoms. The molecule has 1 heterocycles. The number of hydroxylamine groups is 3. The second-order valence-corrected chi connectivity index (χ2v) is 4.32. The first-order valence-corrected chi connectivity index (χ1v) is 4.33. The molecule has 0 aromatic rings. The molecule has 0 saturated heterocycles. The average molecular weight is 200 g/mol. The van der Waals surface area contributed by atoms with Crippen LogP contribution in [0.5, 0.6) is 0 Å². The molecule has 1 rings (SSSR count). The van der Waals surface area contributed by atoms with Crippen LogP contribution in [0, 0.1) is 5.21 Å². The Balaban J connectivity index is 3.30. The van der Waals surface area contributed by atoms with E-state index in [9.17, 15) is 10.4 Å². The van der Waals surface area contributed by atoms with Crippen LogP contribution >= 0.6 is 0 Å². The van der Waals surface area contributed by atoms with Crippen molar-refractivity contribution in [2.75, 3.05) is 0 Å². The largest absolute Gasteiger partial charge is 0.622 e. The highest BCUT2D eigenvalue weighted by atomic mass is 16.6. The van der Waals surface area contributed by atoms with E-state index in [1.54, 1.807) is 27.7 Å². The molecule has 80 valence electrons. The van der Waals surface area contributed by atoms with Gasteiger partial charge >= 0.3 is 0 Å². The number of nitrogens with two attached hydrogens (primary N) is 1. The van der Waals surface area contributed by atoms with Gasteiger partial charge in [-0.15, -0.1) is 5.06 Å². The second kappa shape index (κ2) is 2.93. The lowest BCUT2D eigenvalue weighted by Crippen LogP contribution is -2.51. The number of nitrogens with zero attached hydrogens (tertiary/aromatic N) is 3. The first kappa shape index (κ1) is 10.9. The highest BCUT2D eigenvalue weighted by molar-refractivity contribution is 6.32. The van der Waals surface area contributed by atoms with Gasteiger partial charge in [-0.2, -0.15) is 9.84 Å². The van der Waals surface area contributed by atoms with Gasteiger partial charge in [0, 0.05) is 13.8 Å². The summed E-state index contributed by atoms with van der Waals surface area (Å²) in [4.78, 5) is 0. The molecule has 0 spiro atoms. The molecule has 0 aromatic carbocycles. The topological polar surface area (TPSA) is 87.9 Å². The van der Waals surface area contributed by atoms with Gasteiger partial charge in [-0.3, -0.25) is 0 Å². The van der Waals surface area contributed by atoms with Crippen molar-refractivity contribution in [1.29, 1.82) is 0 Å². The van der Waals surface area contributed by atoms with Crippen molar-refractivity contribution in [3.63, 3.8) is 0 Å². The van der Waals surface area contributed by atoms with Crippen molar-refractivity contribution in [1.82, 2.24) is 5.06 Å². The SMILES string of the molecule is CC1(C)C(/C=N/N)=[N+]([O-])C(C)(C)N1O. The van der Waals surface area contributed by atoms with Crippen molar-refractivity contribution < 1.29 is 9.95 Å². The Morgan fingerprint density at radius 1 is 1.50 bits per heavy atom. The Labute approximate surface area is 82.9 Å². The van der Waals surface area contributed by atoms with E-state index in [1.807, 2.05) is 0 Å². The highest BCUT2D eigenvalue weighted by Crippen LogP contribution is 2.31. The Morgan fingerprint density at radius 3 is 2.29 bits per heavy atom. The van der Waals surface area contributed by atoms with Crippen LogP contribution in [0.1, 0.15) is 27.7 Å². The third kappa shape index (κ3) is 1.18. The van der Waals surface area contributed by atoms with Gasteiger partial charge in [-0.25, -0.2) is 0 Å². The maximum absolute atomic E-state index is 11.8. The lowest BCUT2D eigenvalue weighted by atomic mass is 9.99. The van der Waals surface area contributed by atoms with E-state index < -0.39 is 11.2 Å². The molecule has 0 saturated carbocycles. The van der Waals surface area contributed by atoms with Crippen LogP contribution < -0.4 is 5.84 Å². The molecule has 0 aromatic heterocycles. The third-order valence-electron chi connectivity index (χ3n) is 2.59. The van der Waals surface area contributed by atoms with E-state index in [0.717, 1.165) is 5.06 Å². The second-order valence-electron chi connectivity index (χ2n) is 4.32. The van der Waals surface area contributed by atoms with E-state index in [-0.39, 0.29) is 0 Å². The van der Waals surface area contributed by atoms with Gasteiger partial charge in [0.1, 0.15) is 11.8 Å². The summed E-state index contributed by atoms with van der Waals surface area (Å²) in [6.45, 7) is 6.70. The van der Waals surface area contributed by atoms with Gasteiger partial charge in [-0.05, 0) is 13.8 Å². The Kier molecular flexibility index (Phi) is 2.29. The summed E-state index contributed by atoms with van der Waals surface area (Å²) in [5, 5.41) is 25.9. The third-order valence-corrected chi connectivity index (χ3v) is 2.59. The quantitative estimate of drug-likeness (QED) is 0.206. The predicted molar refractivity (Wildman–Crippen MR) is 53.1 cm³/mol. The van der Waals surface area contributed by atoms with E-state index >= 15 is 0 Å². The Morgan fingerprint density at radius 2 is 2.00 bits per heavy atom. The van der Waals surface area contributed by atoms with Crippen molar-refractivity contribution in [3.05, 3.63) is 5.21 Å². The van der Waals surface area contributed by atoms with Crippen LogP contribution in [0.4, 0.5) is 0 Å². The monoisotopic (exact) mass is 200 g/mol. The summed E-state index contributed by atoms with van der Waals surface area (Å²) in [6, 6.07) is 0. The maximum atomic E-state index is 11.8. The minimum absolute atomic E-state index is 0.340. The zero-order chi connectivity index (χ0) is 11.1. The molecule has 0 aliphatic carbocycles. The van der Waals surface area contributed by atoms with Crippen LogP contribution in [-0.2, 0) is 0 Å². The van der Waals surface area contributed by atoms with Gasteiger partial charge in [0.25, 0.3) is 0 Å². The molecule has 0 radical (unpaired) electrons. The summed E-state index contributed by atoms with van der Waals surface area (Å²) in [5.41, 5.74) is -1.44. The summed E-state index contributed by atoms with van der Waals surface area (Å²) in [5.74, 6) is 5.01. The summed E-state index contributed by atoms with van der Waals surface area (Å²) in [7, 11) is 0. The predicted octanol–water partition coefficient (Wildman–Crippen LogP) is 0.102. The van der Waals surface area contributed by atoms with Crippen molar-refractivity contribution in [3.8, 4) is 0 Å². The molecule has 6 heteroatoms. The standard InChI is InChI=1S/C8H16N4O2/c1-7(2)6(5-10-9)11(13)8(3,4)12(7)14/h5,14H,9H2,1-4H3/b10-5+.